The maximum atomic E-state index is 11.2. The Hall–Kier alpha value is -0.620. The molecule has 0 aliphatic carbocycles. The van der Waals surface area contributed by atoms with Crippen molar-refractivity contribution in [3.63, 3.8) is 0 Å². The van der Waals surface area contributed by atoms with Crippen LogP contribution in [0.2, 0.25) is 0 Å². The molecule has 14 heavy (non-hydrogen) atoms. The maximum Gasteiger partial charge on any atom is 0.235 e. The summed E-state index contributed by atoms with van der Waals surface area (Å²) in [5.74, 6) is -1.08. The molecule has 0 heterocycles. The van der Waals surface area contributed by atoms with Crippen LogP contribution in [0.25, 0.3) is 0 Å². The normalized spacial score (nSPS) is 11.3. The van der Waals surface area contributed by atoms with Gasteiger partial charge in [-0.2, -0.15) is 0 Å². The van der Waals surface area contributed by atoms with Crippen LogP contribution in [0.15, 0.2) is 0 Å². The Morgan fingerprint density at radius 3 is 2.57 bits per heavy atom. The van der Waals surface area contributed by atoms with Gasteiger partial charge in [0.15, 0.2) is 9.84 Å². The van der Waals surface area contributed by atoms with Crippen molar-refractivity contribution in [3.05, 3.63) is 0 Å². The lowest BCUT2D eigenvalue weighted by Crippen LogP contribution is -2.31. The zero-order valence-electron chi connectivity index (χ0n) is 8.32. The molecule has 0 saturated heterocycles. The van der Waals surface area contributed by atoms with Gasteiger partial charge < -0.3 is 10.4 Å². The number of carbonyl (C=O) groups is 1. The molecule has 84 valence electrons. The van der Waals surface area contributed by atoms with Crippen molar-refractivity contribution in [2.45, 2.75) is 19.8 Å². The molecular formula is C8H17NO4S. The van der Waals surface area contributed by atoms with E-state index < -0.39 is 21.5 Å². The second kappa shape index (κ2) is 6.78. The van der Waals surface area contributed by atoms with E-state index in [9.17, 15) is 13.2 Å². The molecule has 0 spiro atoms. The lowest BCUT2D eigenvalue weighted by Gasteiger charge is -2.04. The highest BCUT2D eigenvalue weighted by molar-refractivity contribution is 7.92. The molecule has 0 bridgehead atoms. The van der Waals surface area contributed by atoms with E-state index in [1.54, 1.807) is 0 Å². The minimum absolute atomic E-state index is 0.136. The number of carbonyl (C=O) groups excluding carboxylic acids is 1. The minimum atomic E-state index is -3.35. The average Bonchev–Trinajstić information content (AvgIpc) is 2.11. The van der Waals surface area contributed by atoms with Crippen LogP contribution in [0.5, 0.6) is 0 Å². The molecule has 0 aliphatic heterocycles. The summed E-state index contributed by atoms with van der Waals surface area (Å²) in [5, 5.41) is 10.9. The van der Waals surface area contributed by atoms with Gasteiger partial charge in [0.2, 0.25) is 5.91 Å². The number of amides is 1. The largest absolute Gasteiger partial charge is 0.396 e. The molecule has 0 unspecified atom stereocenters. The van der Waals surface area contributed by atoms with Crippen molar-refractivity contribution in [3.8, 4) is 0 Å². The zero-order valence-corrected chi connectivity index (χ0v) is 9.14. The third kappa shape index (κ3) is 6.85. The Labute approximate surface area is 84.4 Å². The van der Waals surface area contributed by atoms with Crippen LogP contribution in [0.3, 0.4) is 0 Å². The Morgan fingerprint density at radius 2 is 2.07 bits per heavy atom. The van der Waals surface area contributed by atoms with Gasteiger partial charge in [0.05, 0.1) is 5.75 Å². The predicted molar refractivity (Wildman–Crippen MR) is 53.7 cm³/mol. The van der Waals surface area contributed by atoms with Crippen molar-refractivity contribution in [1.82, 2.24) is 5.32 Å². The summed E-state index contributed by atoms with van der Waals surface area (Å²) in [6.07, 6.45) is 0.964. The lowest BCUT2D eigenvalue weighted by atomic mass is 10.5. The SMILES string of the molecule is CCCNC(=O)CS(=O)(=O)CCCO. The Bertz CT molecular complexity index is 261. The van der Waals surface area contributed by atoms with Crippen LogP contribution >= 0.6 is 0 Å². The molecule has 0 fully saturated rings. The second-order valence-electron chi connectivity index (χ2n) is 3.02. The molecule has 6 heteroatoms. The highest BCUT2D eigenvalue weighted by Crippen LogP contribution is 1.93. The van der Waals surface area contributed by atoms with Gasteiger partial charge in [0, 0.05) is 13.2 Å². The fourth-order valence-corrected chi connectivity index (χ4v) is 2.09. The topological polar surface area (TPSA) is 83.5 Å². The first kappa shape index (κ1) is 13.4. The summed E-state index contributed by atoms with van der Waals surface area (Å²) in [4.78, 5) is 11.0. The number of sulfone groups is 1. The fraction of sp³-hybridized carbons (Fsp3) is 0.875. The first-order valence-corrected chi connectivity index (χ1v) is 6.42. The first-order valence-electron chi connectivity index (χ1n) is 4.60. The fourth-order valence-electron chi connectivity index (χ4n) is 0.872. The van der Waals surface area contributed by atoms with Crippen LogP contribution in [0.1, 0.15) is 19.8 Å². The van der Waals surface area contributed by atoms with Crippen molar-refractivity contribution in [2.75, 3.05) is 24.7 Å². The van der Waals surface area contributed by atoms with Gasteiger partial charge in [-0.05, 0) is 12.8 Å². The molecule has 0 saturated carbocycles. The minimum Gasteiger partial charge on any atom is -0.396 e. The third-order valence-corrected chi connectivity index (χ3v) is 3.15. The number of hydrogen-bond acceptors (Lipinski definition) is 4. The summed E-state index contributed by atoms with van der Waals surface area (Å²) in [5.41, 5.74) is 0. The lowest BCUT2D eigenvalue weighted by molar-refractivity contribution is -0.118. The maximum absolute atomic E-state index is 11.2. The van der Waals surface area contributed by atoms with Gasteiger partial charge in [-0.15, -0.1) is 0 Å². The average molecular weight is 223 g/mol. The molecule has 5 nitrogen and oxygen atoms in total. The first-order chi connectivity index (χ1) is 6.52. The Balaban J connectivity index is 3.90. The van der Waals surface area contributed by atoms with Gasteiger partial charge in [0.1, 0.15) is 5.75 Å². The van der Waals surface area contributed by atoms with E-state index >= 15 is 0 Å². The van der Waals surface area contributed by atoms with E-state index in [0.29, 0.717) is 6.54 Å². The van der Waals surface area contributed by atoms with Crippen LogP contribution in [0, 0.1) is 0 Å². The van der Waals surface area contributed by atoms with Crippen LogP contribution in [-0.4, -0.2) is 44.1 Å². The van der Waals surface area contributed by atoms with Crippen molar-refractivity contribution < 1.29 is 18.3 Å². The predicted octanol–water partition coefficient (Wildman–Crippen LogP) is -0.690. The summed E-state index contributed by atoms with van der Waals surface area (Å²) in [6.45, 7) is 2.21. The van der Waals surface area contributed by atoms with Gasteiger partial charge >= 0.3 is 0 Å². The van der Waals surface area contributed by atoms with Crippen LogP contribution < -0.4 is 5.32 Å². The molecule has 0 aliphatic rings. The number of hydrogen-bond donors (Lipinski definition) is 2. The van der Waals surface area contributed by atoms with Crippen molar-refractivity contribution in [1.29, 1.82) is 0 Å². The summed E-state index contributed by atoms with van der Waals surface area (Å²) < 4.78 is 22.4. The zero-order chi connectivity index (χ0) is 11.0. The van der Waals surface area contributed by atoms with Gasteiger partial charge in [0.25, 0.3) is 0 Å². The standard InChI is InChI=1S/C8H17NO4S/c1-2-4-9-8(11)7-14(12,13)6-3-5-10/h10H,2-7H2,1H3,(H,9,11). The molecule has 1 amide bonds. The second-order valence-corrected chi connectivity index (χ2v) is 5.20. The molecule has 0 atom stereocenters. The van der Waals surface area contributed by atoms with E-state index in [0.717, 1.165) is 6.42 Å². The molecule has 0 rings (SSSR count). The Morgan fingerprint density at radius 1 is 1.43 bits per heavy atom. The van der Waals surface area contributed by atoms with Gasteiger partial charge in [-0.1, -0.05) is 6.92 Å². The number of aliphatic hydroxyl groups excluding tert-OH is 1. The number of aliphatic hydroxyl groups is 1. The number of rotatable bonds is 7. The van der Waals surface area contributed by atoms with E-state index in [4.69, 9.17) is 5.11 Å². The van der Waals surface area contributed by atoms with Gasteiger partial charge in [-0.3, -0.25) is 4.79 Å². The van der Waals surface area contributed by atoms with Crippen molar-refractivity contribution >= 4 is 15.7 Å². The molecule has 0 aromatic heterocycles. The molecule has 0 aromatic rings. The van der Waals surface area contributed by atoms with E-state index in [1.807, 2.05) is 6.92 Å². The van der Waals surface area contributed by atoms with E-state index in [2.05, 4.69) is 5.32 Å². The van der Waals surface area contributed by atoms with Crippen LogP contribution in [-0.2, 0) is 14.6 Å². The third-order valence-electron chi connectivity index (χ3n) is 1.54. The highest BCUT2D eigenvalue weighted by atomic mass is 32.2. The molecule has 0 radical (unpaired) electrons. The quantitative estimate of drug-likeness (QED) is 0.598. The van der Waals surface area contributed by atoms with Gasteiger partial charge in [-0.25, -0.2) is 8.42 Å². The molecule has 0 aromatic carbocycles. The van der Waals surface area contributed by atoms with E-state index in [-0.39, 0.29) is 18.8 Å². The van der Waals surface area contributed by atoms with Crippen LogP contribution in [0.4, 0.5) is 0 Å². The summed E-state index contributed by atoms with van der Waals surface area (Å²) in [7, 11) is -3.35. The highest BCUT2D eigenvalue weighted by Gasteiger charge is 2.15. The Kier molecular flexibility index (Phi) is 6.48. The molecule has 2 N–H and O–H groups in total. The summed E-state index contributed by atoms with van der Waals surface area (Å²) >= 11 is 0. The summed E-state index contributed by atoms with van der Waals surface area (Å²) in [6, 6.07) is 0. The monoisotopic (exact) mass is 223 g/mol. The molecular weight excluding hydrogens is 206 g/mol. The van der Waals surface area contributed by atoms with Crippen molar-refractivity contribution in [2.24, 2.45) is 0 Å². The van der Waals surface area contributed by atoms with E-state index in [1.165, 1.54) is 0 Å². The smallest absolute Gasteiger partial charge is 0.235 e. The number of nitrogens with one attached hydrogen (secondary N) is 1.